The fourth-order valence-electron chi connectivity index (χ4n) is 6.91. The summed E-state index contributed by atoms with van der Waals surface area (Å²) in [5, 5.41) is 9.92. The summed E-state index contributed by atoms with van der Waals surface area (Å²) in [5.74, 6) is -0.901. The Morgan fingerprint density at radius 2 is 1.61 bits per heavy atom. The maximum Gasteiger partial charge on any atom is 0.264 e. The molecule has 0 spiro atoms. The van der Waals surface area contributed by atoms with E-state index < -0.39 is 5.82 Å². The van der Waals surface area contributed by atoms with Crippen LogP contribution in [-0.2, 0) is 24.8 Å². The maximum absolute atomic E-state index is 15.1. The Bertz CT molecular complexity index is 1990. The number of nitrogens with zero attached hydrogens (tertiary/aromatic N) is 5. The first-order valence-corrected chi connectivity index (χ1v) is 16.5. The molecule has 0 bridgehead atoms. The number of rotatable bonds is 7. The number of morpholine rings is 1. The van der Waals surface area contributed by atoms with Gasteiger partial charge in [0.15, 0.2) is 0 Å². The van der Waals surface area contributed by atoms with Crippen molar-refractivity contribution >= 4 is 23.2 Å². The number of carbonyl (C=O) groups is 2. The van der Waals surface area contributed by atoms with E-state index >= 15 is 4.39 Å². The average Bonchev–Trinajstić information content (AvgIpc) is 3.42. The number of ether oxygens (including phenoxy) is 1. The van der Waals surface area contributed by atoms with Crippen molar-refractivity contribution in [3.05, 3.63) is 131 Å². The normalized spacial score (nSPS) is 16.3. The molecule has 5 aromatic rings. The van der Waals surface area contributed by atoms with Crippen molar-refractivity contribution < 1.29 is 23.8 Å². The van der Waals surface area contributed by atoms with Crippen LogP contribution in [0.25, 0.3) is 11.3 Å². The van der Waals surface area contributed by atoms with Gasteiger partial charge in [0.25, 0.3) is 11.8 Å². The van der Waals surface area contributed by atoms with E-state index in [0.29, 0.717) is 65.8 Å². The van der Waals surface area contributed by atoms with Crippen LogP contribution in [0.1, 0.15) is 37.5 Å². The van der Waals surface area contributed by atoms with Gasteiger partial charge in [-0.2, -0.15) is 0 Å². The molecule has 0 unspecified atom stereocenters. The van der Waals surface area contributed by atoms with Crippen molar-refractivity contribution in [2.45, 2.75) is 25.9 Å². The van der Waals surface area contributed by atoms with Crippen molar-refractivity contribution in [1.82, 2.24) is 19.4 Å². The molecule has 1 fully saturated rings. The number of benzene rings is 3. The quantitative estimate of drug-likeness (QED) is 0.227. The topological polar surface area (TPSA) is 91.1 Å². The lowest BCUT2D eigenvalue weighted by Crippen LogP contribution is -2.52. The van der Waals surface area contributed by atoms with Gasteiger partial charge in [-0.1, -0.05) is 24.3 Å². The Kier molecular flexibility index (Phi) is 8.99. The number of hydrogen-bond donors (Lipinski definition) is 1. The van der Waals surface area contributed by atoms with E-state index in [2.05, 4.69) is 22.0 Å². The van der Waals surface area contributed by atoms with Crippen LogP contribution in [0.3, 0.4) is 0 Å². The molecular weight excluding hydrogens is 621 g/mol. The Morgan fingerprint density at radius 3 is 2.35 bits per heavy atom. The van der Waals surface area contributed by atoms with Gasteiger partial charge in [0, 0.05) is 79.9 Å². The van der Waals surface area contributed by atoms with Crippen molar-refractivity contribution in [3.8, 4) is 17.0 Å². The fraction of sp³-hybridized carbons (Fsp3) is 0.256. The number of aromatic nitrogens is 2. The second-order valence-corrected chi connectivity index (χ2v) is 12.6. The van der Waals surface area contributed by atoms with E-state index in [4.69, 9.17) is 4.74 Å². The van der Waals surface area contributed by atoms with Crippen LogP contribution in [0.5, 0.6) is 5.75 Å². The zero-order valence-corrected chi connectivity index (χ0v) is 27.6. The summed E-state index contributed by atoms with van der Waals surface area (Å²) in [5.41, 5.74) is 5.86. The number of fused-ring (bicyclic) bond motifs is 1. The lowest BCUT2D eigenvalue weighted by atomic mass is 9.92. The standard InChI is InChI=1S/C39H38FN5O4/c1-26-35(39(48)45(31-13-15-41-16-14-31)30-8-10-33(46)11-9-30)23-37(42(26)2)36-22-29(40)7-12-34(36)38(47)44-24-28-6-4-3-5-27(28)21-32(44)25-43-17-19-49-20-18-43/h3-16,22-23,32,46H,17-21,24-25H2,1-2H3/t32-/m0/s1. The van der Waals surface area contributed by atoms with Gasteiger partial charge in [-0.15, -0.1) is 0 Å². The van der Waals surface area contributed by atoms with Gasteiger partial charge < -0.3 is 19.3 Å². The molecule has 1 atom stereocenters. The predicted octanol–water partition coefficient (Wildman–Crippen LogP) is 6.12. The van der Waals surface area contributed by atoms with E-state index in [9.17, 15) is 14.7 Å². The van der Waals surface area contributed by atoms with Crippen molar-refractivity contribution in [3.63, 3.8) is 0 Å². The van der Waals surface area contributed by atoms with Gasteiger partial charge in [0.1, 0.15) is 11.6 Å². The minimum atomic E-state index is -0.477. The first kappa shape index (κ1) is 32.2. The number of amides is 2. The first-order valence-electron chi connectivity index (χ1n) is 16.5. The van der Waals surface area contributed by atoms with Crippen LogP contribution in [-0.4, -0.2) is 75.2 Å². The number of halogens is 1. The number of phenols is 1. The fourth-order valence-corrected chi connectivity index (χ4v) is 6.91. The summed E-state index contributed by atoms with van der Waals surface area (Å²) in [6.07, 6.45) is 3.93. The third-order valence-corrected chi connectivity index (χ3v) is 9.67. The number of anilines is 2. The van der Waals surface area contributed by atoms with Crippen LogP contribution >= 0.6 is 0 Å². The van der Waals surface area contributed by atoms with E-state index in [1.165, 1.54) is 29.8 Å². The van der Waals surface area contributed by atoms with E-state index in [0.717, 1.165) is 25.1 Å². The zero-order chi connectivity index (χ0) is 34.1. The van der Waals surface area contributed by atoms with Gasteiger partial charge in [-0.05, 0) is 85.1 Å². The lowest BCUT2D eigenvalue weighted by Gasteiger charge is -2.40. The van der Waals surface area contributed by atoms with E-state index in [-0.39, 0.29) is 23.6 Å². The van der Waals surface area contributed by atoms with Crippen LogP contribution < -0.4 is 4.90 Å². The molecule has 49 heavy (non-hydrogen) atoms. The maximum atomic E-state index is 15.1. The van der Waals surface area contributed by atoms with Crippen LogP contribution in [0.4, 0.5) is 15.8 Å². The summed E-state index contributed by atoms with van der Waals surface area (Å²) >= 11 is 0. The second-order valence-electron chi connectivity index (χ2n) is 12.6. The minimum Gasteiger partial charge on any atom is -0.508 e. The summed E-state index contributed by atoms with van der Waals surface area (Å²) in [4.78, 5) is 39.0. The Labute approximate surface area is 284 Å². The average molecular weight is 660 g/mol. The third kappa shape index (κ3) is 6.45. The summed E-state index contributed by atoms with van der Waals surface area (Å²) in [7, 11) is 1.82. The summed E-state index contributed by atoms with van der Waals surface area (Å²) < 4.78 is 22.5. The highest BCUT2D eigenvalue weighted by molar-refractivity contribution is 6.12. The molecule has 4 heterocycles. The number of pyridine rings is 1. The molecule has 2 amide bonds. The molecule has 10 heteroatoms. The molecule has 7 rings (SSSR count). The van der Waals surface area contributed by atoms with Gasteiger partial charge in [-0.3, -0.25) is 24.4 Å². The van der Waals surface area contributed by atoms with Gasteiger partial charge in [0.2, 0.25) is 0 Å². The molecule has 250 valence electrons. The number of aromatic hydroxyl groups is 1. The third-order valence-electron chi connectivity index (χ3n) is 9.67. The zero-order valence-electron chi connectivity index (χ0n) is 27.6. The smallest absolute Gasteiger partial charge is 0.264 e. The Balaban J connectivity index is 1.27. The molecule has 0 radical (unpaired) electrons. The molecular formula is C39H38FN5O4. The molecule has 9 nitrogen and oxygen atoms in total. The SMILES string of the molecule is Cc1c(C(=O)N(c2ccncc2)c2ccc(O)cc2)cc(-c2cc(F)ccc2C(=O)N2Cc3ccccc3C[C@H]2CN2CCOCC2)n1C. The molecule has 2 aliphatic rings. The lowest BCUT2D eigenvalue weighted by molar-refractivity contribution is 0.0193. The monoisotopic (exact) mass is 659 g/mol. The molecule has 1 saturated heterocycles. The highest BCUT2D eigenvalue weighted by Gasteiger charge is 2.34. The van der Waals surface area contributed by atoms with Crippen LogP contribution in [0, 0.1) is 12.7 Å². The van der Waals surface area contributed by atoms with E-state index in [1.807, 2.05) is 35.6 Å². The Hall–Kier alpha value is -5.32. The highest BCUT2D eigenvalue weighted by atomic mass is 19.1. The van der Waals surface area contributed by atoms with Gasteiger partial charge in [-0.25, -0.2) is 4.39 Å². The molecule has 0 saturated carbocycles. The second kappa shape index (κ2) is 13.7. The molecule has 1 N–H and O–H groups in total. The largest absolute Gasteiger partial charge is 0.508 e. The summed E-state index contributed by atoms with van der Waals surface area (Å²) in [6, 6.07) is 24.0. The van der Waals surface area contributed by atoms with Crippen molar-refractivity contribution in [2.24, 2.45) is 7.05 Å². The Morgan fingerprint density at radius 1 is 0.918 bits per heavy atom. The molecule has 2 aromatic heterocycles. The molecule has 0 aliphatic carbocycles. The van der Waals surface area contributed by atoms with Gasteiger partial charge in [0.05, 0.1) is 24.5 Å². The molecule has 2 aliphatic heterocycles. The van der Waals surface area contributed by atoms with Crippen molar-refractivity contribution in [2.75, 3.05) is 37.7 Å². The van der Waals surface area contributed by atoms with E-state index in [1.54, 1.807) is 53.7 Å². The number of hydrogen-bond acceptors (Lipinski definition) is 6. The van der Waals surface area contributed by atoms with Crippen LogP contribution in [0.15, 0.2) is 97.3 Å². The number of carbonyl (C=O) groups excluding carboxylic acids is 2. The van der Waals surface area contributed by atoms with Gasteiger partial charge >= 0.3 is 0 Å². The van der Waals surface area contributed by atoms with Crippen LogP contribution in [0.2, 0.25) is 0 Å². The summed E-state index contributed by atoms with van der Waals surface area (Å²) in [6.45, 7) is 5.94. The molecule has 3 aromatic carbocycles. The first-order chi connectivity index (χ1) is 23.8. The van der Waals surface area contributed by atoms with Crippen molar-refractivity contribution in [1.29, 1.82) is 0 Å². The number of phenolic OH excluding ortho intramolecular Hbond substituents is 1. The highest BCUT2D eigenvalue weighted by Crippen LogP contribution is 2.35. The predicted molar refractivity (Wildman–Crippen MR) is 185 cm³/mol. The minimum absolute atomic E-state index is 0.0788.